The van der Waals surface area contributed by atoms with Crippen LogP contribution in [0, 0.1) is 0 Å². The van der Waals surface area contributed by atoms with Gasteiger partial charge < -0.3 is 10.1 Å². The molecule has 6 heteroatoms. The second-order valence-corrected chi connectivity index (χ2v) is 7.75. The van der Waals surface area contributed by atoms with Crippen molar-refractivity contribution in [3.63, 3.8) is 0 Å². The zero-order chi connectivity index (χ0) is 14.8. The first kappa shape index (κ1) is 15.5. The molecule has 5 nitrogen and oxygen atoms in total. The first-order chi connectivity index (χ1) is 9.34. The second-order valence-electron chi connectivity index (χ2n) is 6.47. The zero-order valence-electron chi connectivity index (χ0n) is 12.9. The average molecular weight is 299 g/mol. The molecule has 2 rings (SSSR count). The first-order valence-electron chi connectivity index (χ1n) is 7.14. The van der Waals surface area contributed by atoms with Crippen molar-refractivity contribution < 1.29 is 9.53 Å². The Morgan fingerprint density at radius 2 is 2.20 bits per heavy atom. The van der Waals surface area contributed by atoms with Crippen LogP contribution in [-0.2, 0) is 4.74 Å². The van der Waals surface area contributed by atoms with E-state index in [-0.39, 0.29) is 6.09 Å². The SMILES string of the molecule is CSC1(CNC2=NCCN(C(=O)OC(C)(C)C)C2)CC1. The van der Waals surface area contributed by atoms with Gasteiger partial charge in [0.2, 0.25) is 0 Å². The van der Waals surface area contributed by atoms with Crippen molar-refractivity contribution in [3.05, 3.63) is 0 Å². The highest BCUT2D eigenvalue weighted by atomic mass is 32.2. The fraction of sp³-hybridized carbons (Fsp3) is 0.857. The fourth-order valence-corrected chi connectivity index (χ4v) is 2.79. The minimum Gasteiger partial charge on any atom is -0.444 e. The number of carbonyl (C=O) groups is 1. The topological polar surface area (TPSA) is 53.9 Å². The summed E-state index contributed by atoms with van der Waals surface area (Å²) < 4.78 is 5.80. The molecule has 1 amide bonds. The summed E-state index contributed by atoms with van der Waals surface area (Å²) in [4.78, 5) is 18.2. The van der Waals surface area contributed by atoms with Crippen molar-refractivity contribution in [1.29, 1.82) is 0 Å². The molecule has 20 heavy (non-hydrogen) atoms. The summed E-state index contributed by atoms with van der Waals surface area (Å²) in [6.07, 6.45) is 4.44. The molecule has 0 spiro atoms. The minimum absolute atomic E-state index is 0.252. The third-order valence-corrected chi connectivity index (χ3v) is 4.94. The number of carbonyl (C=O) groups excluding carboxylic acids is 1. The van der Waals surface area contributed by atoms with Gasteiger partial charge in [0, 0.05) is 17.8 Å². The van der Waals surface area contributed by atoms with E-state index < -0.39 is 5.60 Å². The molecule has 1 N–H and O–H groups in total. The van der Waals surface area contributed by atoms with Gasteiger partial charge in [-0.15, -0.1) is 0 Å². The summed E-state index contributed by atoms with van der Waals surface area (Å²) in [6.45, 7) is 8.41. The van der Waals surface area contributed by atoms with Crippen molar-refractivity contribution in [2.24, 2.45) is 4.99 Å². The molecule has 114 valence electrons. The standard InChI is InChI=1S/C14H25N3O2S/c1-13(2,3)19-12(18)17-8-7-15-11(9-17)16-10-14(20-4)5-6-14/h5-10H2,1-4H3,(H,15,16). The van der Waals surface area contributed by atoms with Crippen LogP contribution in [0.15, 0.2) is 4.99 Å². The molecule has 1 aliphatic carbocycles. The summed E-state index contributed by atoms with van der Waals surface area (Å²) >= 11 is 1.92. The Balaban J connectivity index is 1.82. The molecular formula is C14H25N3O2S. The van der Waals surface area contributed by atoms with Gasteiger partial charge in [-0.1, -0.05) is 0 Å². The maximum absolute atomic E-state index is 12.0. The summed E-state index contributed by atoms with van der Waals surface area (Å²) in [6, 6.07) is 0. The normalized spacial score (nSPS) is 21.2. The van der Waals surface area contributed by atoms with Crippen molar-refractivity contribution in [2.75, 3.05) is 32.4 Å². The molecule has 0 radical (unpaired) electrons. The number of thioether (sulfide) groups is 1. The van der Waals surface area contributed by atoms with Gasteiger partial charge in [0.05, 0.1) is 13.1 Å². The number of ether oxygens (including phenoxy) is 1. The molecule has 2 aliphatic rings. The predicted molar refractivity (Wildman–Crippen MR) is 83.6 cm³/mol. The van der Waals surface area contributed by atoms with Crippen LogP contribution in [0.4, 0.5) is 4.79 Å². The second kappa shape index (κ2) is 5.84. The highest BCUT2D eigenvalue weighted by Crippen LogP contribution is 2.46. The van der Waals surface area contributed by atoms with E-state index in [2.05, 4.69) is 16.6 Å². The lowest BCUT2D eigenvalue weighted by molar-refractivity contribution is 0.0276. The lowest BCUT2D eigenvalue weighted by atomic mass is 10.2. The number of aliphatic imine (C=N–C) groups is 1. The molecule has 1 aliphatic heterocycles. The van der Waals surface area contributed by atoms with E-state index in [1.54, 1.807) is 4.90 Å². The smallest absolute Gasteiger partial charge is 0.410 e. The minimum atomic E-state index is -0.448. The lowest BCUT2D eigenvalue weighted by Gasteiger charge is -2.30. The molecule has 0 aromatic heterocycles. The molecule has 0 bridgehead atoms. The van der Waals surface area contributed by atoms with E-state index in [4.69, 9.17) is 4.74 Å². The Morgan fingerprint density at radius 1 is 1.50 bits per heavy atom. The molecule has 0 atom stereocenters. The van der Waals surface area contributed by atoms with Crippen molar-refractivity contribution in [1.82, 2.24) is 10.2 Å². The fourth-order valence-electron chi connectivity index (χ4n) is 2.07. The molecule has 1 heterocycles. The van der Waals surface area contributed by atoms with E-state index in [0.29, 0.717) is 24.4 Å². The maximum atomic E-state index is 12.0. The van der Waals surface area contributed by atoms with Crippen LogP contribution >= 0.6 is 11.8 Å². The van der Waals surface area contributed by atoms with E-state index >= 15 is 0 Å². The predicted octanol–water partition coefficient (Wildman–Crippen LogP) is 2.12. The highest BCUT2D eigenvalue weighted by molar-refractivity contribution is 8.00. The monoisotopic (exact) mass is 299 g/mol. The summed E-state index contributed by atoms with van der Waals surface area (Å²) in [5.74, 6) is 0.905. The number of nitrogens with one attached hydrogen (secondary N) is 1. The summed E-state index contributed by atoms with van der Waals surface area (Å²) in [5.41, 5.74) is -0.448. The largest absolute Gasteiger partial charge is 0.444 e. The number of rotatable bonds is 3. The number of amides is 1. The maximum Gasteiger partial charge on any atom is 0.410 e. The Hall–Kier alpha value is -0.910. The zero-order valence-corrected chi connectivity index (χ0v) is 13.7. The third-order valence-electron chi connectivity index (χ3n) is 3.52. The molecule has 1 fully saturated rings. The lowest BCUT2D eigenvalue weighted by Crippen LogP contribution is -2.48. The summed E-state index contributed by atoms with van der Waals surface area (Å²) in [5, 5.41) is 3.40. The van der Waals surface area contributed by atoms with Crippen molar-refractivity contribution in [2.45, 2.75) is 44.0 Å². The Labute approximate surface area is 125 Å². The number of hydrogen-bond donors (Lipinski definition) is 1. The summed E-state index contributed by atoms with van der Waals surface area (Å²) in [7, 11) is 0. The van der Waals surface area contributed by atoms with E-state index in [1.165, 1.54) is 12.8 Å². The number of nitrogens with zero attached hydrogens (tertiary/aromatic N) is 2. The van der Waals surface area contributed by atoms with Gasteiger partial charge in [0.25, 0.3) is 0 Å². The molecule has 0 aromatic carbocycles. The van der Waals surface area contributed by atoms with Crippen LogP contribution in [0.2, 0.25) is 0 Å². The Kier molecular flexibility index (Phi) is 4.52. The van der Waals surface area contributed by atoms with Crippen LogP contribution < -0.4 is 5.32 Å². The van der Waals surface area contributed by atoms with Crippen molar-refractivity contribution in [3.8, 4) is 0 Å². The van der Waals surface area contributed by atoms with Gasteiger partial charge in [0.1, 0.15) is 11.4 Å². The molecule has 1 saturated carbocycles. The van der Waals surface area contributed by atoms with Crippen LogP contribution in [0.5, 0.6) is 0 Å². The van der Waals surface area contributed by atoms with Crippen LogP contribution in [0.3, 0.4) is 0 Å². The van der Waals surface area contributed by atoms with Gasteiger partial charge >= 0.3 is 6.09 Å². The van der Waals surface area contributed by atoms with Gasteiger partial charge in [-0.3, -0.25) is 9.89 Å². The number of amidine groups is 1. The molecular weight excluding hydrogens is 274 g/mol. The molecule has 0 aromatic rings. The average Bonchev–Trinajstić information content (AvgIpc) is 3.15. The third kappa shape index (κ3) is 4.30. The molecule has 0 unspecified atom stereocenters. The van der Waals surface area contributed by atoms with Crippen LogP contribution in [0.1, 0.15) is 33.6 Å². The van der Waals surface area contributed by atoms with E-state index in [1.807, 2.05) is 32.5 Å². The Bertz CT molecular complexity index is 400. The highest BCUT2D eigenvalue weighted by Gasteiger charge is 2.41. The van der Waals surface area contributed by atoms with Crippen LogP contribution in [-0.4, -0.2) is 59.6 Å². The Morgan fingerprint density at radius 3 is 2.75 bits per heavy atom. The van der Waals surface area contributed by atoms with Crippen molar-refractivity contribution >= 4 is 23.7 Å². The van der Waals surface area contributed by atoms with Crippen LogP contribution in [0.25, 0.3) is 0 Å². The van der Waals surface area contributed by atoms with Gasteiger partial charge in [-0.05, 0) is 39.9 Å². The van der Waals surface area contributed by atoms with E-state index in [9.17, 15) is 4.79 Å². The van der Waals surface area contributed by atoms with Gasteiger partial charge in [-0.2, -0.15) is 11.8 Å². The van der Waals surface area contributed by atoms with Gasteiger partial charge in [0.15, 0.2) is 0 Å². The quantitative estimate of drug-likeness (QED) is 0.867. The van der Waals surface area contributed by atoms with Gasteiger partial charge in [-0.25, -0.2) is 4.79 Å². The van der Waals surface area contributed by atoms with E-state index in [0.717, 1.165) is 12.4 Å². The number of hydrogen-bond acceptors (Lipinski definition) is 5. The first-order valence-corrected chi connectivity index (χ1v) is 8.36. The molecule has 0 saturated heterocycles.